The van der Waals surface area contributed by atoms with Crippen molar-refractivity contribution in [3.05, 3.63) is 42.0 Å². The van der Waals surface area contributed by atoms with Crippen LogP contribution >= 0.6 is 0 Å². The molecule has 1 heterocycles. The Hall–Kier alpha value is -1.12. The van der Waals surface area contributed by atoms with Crippen molar-refractivity contribution in [3.8, 4) is 0 Å². The summed E-state index contributed by atoms with van der Waals surface area (Å²) < 4.78 is 11.1. The van der Waals surface area contributed by atoms with Crippen LogP contribution in [0.4, 0.5) is 0 Å². The van der Waals surface area contributed by atoms with Gasteiger partial charge in [0, 0.05) is 6.61 Å². The summed E-state index contributed by atoms with van der Waals surface area (Å²) in [5.41, 5.74) is 1.20. The molecule has 1 aromatic carbocycles. The highest BCUT2D eigenvalue weighted by atomic mass is 16.7. The standard InChI is InChI=1S/C14H18O2/c1-2-7-13(8-3-1)9-6-12-16-14-10-4-5-11-15-14/h1-3,6-9,14H,4-5,10-12H2/b9-6+/t14-/m0/s1. The van der Waals surface area contributed by atoms with Crippen LogP contribution in [0.1, 0.15) is 24.8 Å². The molecule has 1 aliphatic rings. The second-order valence-electron chi connectivity index (χ2n) is 3.94. The molecular formula is C14H18O2. The molecule has 1 aromatic rings. The van der Waals surface area contributed by atoms with E-state index in [1.165, 1.54) is 18.4 Å². The Morgan fingerprint density at radius 3 is 2.88 bits per heavy atom. The smallest absolute Gasteiger partial charge is 0.157 e. The summed E-state index contributed by atoms with van der Waals surface area (Å²) in [5.74, 6) is 0. The largest absolute Gasteiger partial charge is 0.353 e. The molecule has 1 fully saturated rings. The Bertz CT molecular complexity index is 313. The van der Waals surface area contributed by atoms with E-state index >= 15 is 0 Å². The first kappa shape index (κ1) is 11.4. The molecule has 16 heavy (non-hydrogen) atoms. The van der Waals surface area contributed by atoms with E-state index in [1.54, 1.807) is 0 Å². The molecule has 1 aliphatic heterocycles. The van der Waals surface area contributed by atoms with Crippen molar-refractivity contribution >= 4 is 6.08 Å². The van der Waals surface area contributed by atoms with Crippen molar-refractivity contribution in [2.75, 3.05) is 13.2 Å². The fraction of sp³-hybridized carbons (Fsp3) is 0.429. The number of ether oxygens (including phenoxy) is 2. The fourth-order valence-electron chi connectivity index (χ4n) is 1.75. The van der Waals surface area contributed by atoms with E-state index in [2.05, 4.69) is 18.2 Å². The lowest BCUT2D eigenvalue weighted by Crippen LogP contribution is -2.22. The van der Waals surface area contributed by atoms with Crippen molar-refractivity contribution in [2.45, 2.75) is 25.6 Å². The minimum atomic E-state index is 0.00849. The Morgan fingerprint density at radius 2 is 2.12 bits per heavy atom. The summed E-state index contributed by atoms with van der Waals surface area (Å²) in [6, 6.07) is 10.2. The molecule has 0 unspecified atom stereocenters. The van der Waals surface area contributed by atoms with Gasteiger partial charge in [-0.15, -0.1) is 0 Å². The van der Waals surface area contributed by atoms with Crippen molar-refractivity contribution < 1.29 is 9.47 Å². The van der Waals surface area contributed by atoms with Gasteiger partial charge in [-0.1, -0.05) is 42.5 Å². The van der Waals surface area contributed by atoms with Gasteiger partial charge in [0.2, 0.25) is 0 Å². The van der Waals surface area contributed by atoms with Crippen LogP contribution in [0.15, 0.2) is 36.4 Å². The van der Waals surface area contributed by atoms with Gasteiger partial charge in [0.15, 0.2) is 6.29 Å². The van der Waals surface area contributed by atoms with Gasteiger partial charge >= 0.3 is 0 Å². The van der Waals surface area contributed by atoms with E-state index in [4.69, 9.17) is 9.47 Å². The van der Waals surface area contributed by atoms with Gasteiger partial charge in [-0.2, -0.15) is 0 Å². The van der Waals surface area contributed by atoms with E-state index in [9.17, 15) is 0 Å². The molecule has 1 atom stereocenters. The van der Waals surface area contributed by atoms with Gasteiger partial charge in [0.25, 0.3) is 0 Å². The molecule has 2 rings (SSSR count). The highest BCUT2D eigenvalue weighted by Crippen LogP contribution is 2.13. The number of hydrogen-bond donors (Lipinski definition) is 0. The zero-order valence-corrected chi connectivity index (χ0v) is 9.47. The molecule has 2 heteroatoms. The van der Waals surface area contributed by atoms with Crippen LogP contribution in [-0.2, 0) is 9.47 Å². The van der Waals surface area contributed by atoms with Crippen molar-refractivity contribution in [3.63, 3.8) is 0 Å². The zero-order valence-electron chi connectivity index (χ0n) is 9.47. The van der Waals surface area contributed by atoms with Gasteiger partial charge in [0.05, 0.1) is 6.61 Å². The van der Waals surface area contributed by atoms with Crippen LogP contribution in [0.2, 0.25) is 0 Å². The van der Waals surface area contributed by atoms with E-state index in [-0.39, 0.29) is 6.29 Å². The number of rotatable bonds is 4. The Balaban J connectivity index is 1.69. The van der Waals surface area contributed by atoms with E-state index in [0.717, 1.165) is 13.0 Å². The summed E-state index contributed by atoms with van der Waals surface area (Å²) in [5, 5.41) is 0. The molecule has 0 aliphatic carbocycles. The average Bonchev–Trinajstić information content (AvgIpc) is 2.37. The molecule has 0 aromatic heterocycles. The Kier molecular flexibility index (Phi) is 4.59. The van der Waals surface area contributed by atoms with Crippen LogP contribution in [-0.4, -0.2) is 19.5 Å². The van der Waals surface area contributed by atoms with Gasteiger partial charge in [-0.3, -0.25) is 0 Å². The average molecular weight is 218 g/mol. The Labute approximate surface area is 96.9 Å². The van der Waals surface area contributed by atoms with Gasteiger partial charge in [-0.05, 0) is 24.8 Å². The normalized spacial score (nSPS) is 21.4. The molecule has 0 N–H and O–H groups in total. The lowest BCUT2D eigenvalue weighted by Gasteiger charge is -2.21. The topological polar surface area (TPSA) is 18.5 Å². The second kappa shape index (κ2) is 6.46. The predicted molar refractivity (Wildman–Crippen MR) is 65.0 cm³/mol. The summed E-state index contributed by atoms with van der Waals surface area (Å²) in [4.78, 5) is 0. The van der Waals surface area contributed by atoms with E-state index < -0.39 is 0 Å². The highest BCUT2D eigenvalue weighted by molar-refractivity contribution is 5.48. The lowest BCUT2D eigenvalue weighted by molar-refractivity contribution is -0.155. The lowest BCUT2D eigenvalue weighted by atomic mass is 10.2. The number of hydrogen-bond acceptors (Lipinski definition) is 2. The maximum atomic E-state index is 5.60. The molecule has 0 bridgehead atoms. The minimum Gasteiger partial charge on any atom is -0.353 e. The van der Waals surface area contributed by atoms with Crippen LogP contribution in [0.5, 0.6) is 0 Å². The molecule has 86 valence electrons. The molecule has 2 nitrogen and oxygen atoms in total. The first-order valence-electron chi connectivity index (χ1n) is 5.90. The monoisotopic (exact) mass is 218 g/mol. The SMILES string of the molecule is C(=C\c1ccccc1)/CO[C@H]1CCCCO1. The van der Waals surface area contributed by atoms with Crippen molar-refractivity contribution in [2.24, 2.45) is 0 Å². The van der Waals surface area contributed by atoms with Crippen LogP contribution < -0.4 is 0 Å². The summed E-state index contributed by atoms with van der Waals surface area (Å²) in [6.07, 6.45) is 7.52. The van der Waals surface area contributed by atoms with Gasteiger partial charge < -0.3 is 9.47 Å². The van der Waals surface area contributed by atoms with Gasteiger partial charge in [0.1, 0.15) is 0 Å². The molecule has 0 saturated carbocycles. The Morgan fingerprint density at radius 1 is 1.25 bits per heavy atom. The molecule has 0 radical (unpaired) electrons. The first-order chi connectivity index (χ1) is 7.95. The van der Waals surface area contributed by atoms with Crippen molar-refractivity contribution in [1.29, 1.82) is 0 Å². The number of benzene rings is 1. The fourth-order valence-corrected chi connectivity index (χ4v) is 1.75. The highest BCUT2D eigenvalue weighted by Gasteiger charge is 2.12. The third-order valence-electron chi connectivity index (χ3n) is 2.63. The van der Waals surface area contributed by atoms with Crippen molar-refractivity contribution in [1.82, 2.24) is 0 Å². The zero-order chi connectivity index (χ0) is 11.1. The molecule has 1 saturated heterocycles. The third-order valence-corrected chi connectivity index (χ3v) is 2.63. The maximum Gasteiger partial charge on any atom is 0.157 e. The molecular weight excluding hydrogens is 200 g/mol. The molecule has 0 amide bonds. The van der Waals surface area contributed by atoms with E-state index in [1.807, 2.05) is 24.3 Å². The minimum absolute atomic E-state index is 0.00849. The second-order valence-corrected chi connectivity index (χ2v) is 3.94. The van der Waals surface area contributed by atoms with E-state index in [0.29, 0.717) is 6.61 Å². The quantitative estimate of drug-likeness (QED) is 0.772. The summed E-state index contributed by atoms with van der Waals surface area (Å²) in [6.45, 7) is 1.46. The van der Waals surface area contributed by atoms with Crippen LogP contribution in [0, 0.1) is 0 Å². The summed E-state index contributed by atoms with van der Waals surface area (Å²) >= 11 is 0. The first-order valence-corrected chi connectivity index (χ1v) is 5.90. The van der Waals surface area contributed by atoms with Crippen LogP contribution in [0.25, 0.3) is 6.08 Å². The maximum absolute atomic E-state index is 5.60. The van der Waals surface area contributed by atoms with Gasteiger partial charge in [-0.25, -0.2) is 0 Å². The van der Waals surface area contributed by atoms with Crippen LogP contribution in [0.3, 0.4) is 0 Å². The molecule has 0 spiro atoms. The third kappa shape index (κ3) is 3.80. The predicted octanol–water partition coefficient (Wildman–Crippen LogP) is 3.24. The summed E-state index contributed by atoms with van der Waals surface area (Å²) in [7, 11) is 0.